The summed E-state index contributed by atoms with van der Waals surface area (Å²) in [7, 11) is 0. The van der Waals surface area contributed by atoms with Crippen molar-refractivity contribution < 1.29 is 0 Å². The van der Waals surface area contributed by atoms with Gasteiger partial charge in [0.05, 0.1) is 0 Å². The number of hydrogen-bond donors (Lipinski definition) is 0. The maximum atomic E-state index is 2.48. The van der Waals surface area contributed by atoms with Crippen LogP contribution in [0.25, 0.3) is 131 Å². The molecular weight excluding hydrogens is 721 g/mol. The first-order valence-electron chi connectivity index (χ1n) is 20.9. The molecule has 60 heavy (non-hydrogen) atoms. The van der Waals surface area contributed by atoms with Crippen LogP contribution in [0, 0.1) is 0 Å². The van der Waals surface area contributed by atoms with Crippen molar-refractivity contribution in [2.75, 3.05) is 0 Å². The van der Waals surface area contributed by atoms with E-state index in [1.807, 2.05) is 0 Å². The molecule has 0 aliphatic heterocycles. The number of hydrogen-bond acceptors (Lipinski definition) is 0. The van der Waals surface area contributed by atoms with E-state index in [1.165, 1.54) is 131 Å². The predicted molar refractivity (Wildman–Crippen MR) is 259 cm³/mol. The Balaban J connectivity index is 1.12. The molecule has 0 atom stereocenters. The van der Waals surface area contributed by atoms with Crippen molar-refractivity contribution in [1.29, 1.82) is 0 Å². The summed E-state index contributed by atoms with van der Waals surface area (Å²) in [6, 6.07) is 81.7. The summed E-state index contributed by atoms with van der Waals surface area (Å²) >= 11 is 0. The topological polar surface area (TPSA) is 0 Å². The highest BCUT2D eigenvalue weighted by molar-refractivity contribution is 6.28. The third-order valence-corrected chi connectivity index (χ3v) is 13.1. The highest BCUT2D eigenvalue weighted by atomic mass is 14.2. The predicted octanol–water partition coefficient (Wildman–Crippen LogP) is 17.0. The van der Waals surface area contributed by atoms with Crippen molar-refractivity contribution in [3.8, 4) is 55.6 Å². The molecule has 0 aliphatic carbocycles. The lowest BCUT2D eigenvalue weighted by Gasteiger charge is -2.21. The van der Waals surface area contributed by atoms with E-state index in [9.17, 15) is 0 Å². The minimum atomic E-state index is 1.20. The molecule has 0 unspecified atom stereocenters. The van der Waals surface area contributed by atoms with Gasteiger partial charge in [-0.3, -0.25) is 0 Å². The van der Waals surface area contributed by atoms with Crippen LogP contribution in [0.1, 0.15) is 0 Å². The van der Waals surface area contributed by atoms with Crippen LogP contribution < -0.4 is 0 Å². The Morgan fingerprint density at radius 3 is 1.25 bits per heavy atom. The first-order valence-corrected chi connectivity index (χ1v) is 20.9. The molecule has 0 saturated carbocycles. The van der Waals surface area contributed by atoms with Gasteiger partial charge >= 0.3 is 0 Å². The van der Waals surface area contributed by atoms with Crippen molar-refractivity contribution in [2.45, 2.75) is 0 Å². The lowest BCUT2D eigenvalue weighted by atomic mass is 9.82. The summed E-state index contributed by atoms with van der Waals surface area (Å²) in [6.07, 6.45) is 0. The zero-order chi connectivity index (χ0) is 39.3. The third kappa shape index (κ3) is 4.92. The van der Waals surface area contributed by atoms with E-state index in [2.05, 4.69) is 218 Å². The maximum Gasteiger partial charge on any atom is -0.00206 e. The molecule has 0 bridgehead atoms. The Morgan fingerprint density at radius 2 is 0.633 bits per heavy atom. The number of benzene rings is 13. The van der Waals surface area contributed by atoms with Gasteiger partial charge in [0, 0.05) is 0 Å². The van der Waals surface area contributed by atoms with Crippen LogP contribution in [0.2, 0.25) is 0 Å². The molecule has 0 radical (unpaired) electrons. The van der Waals surface area contributed by atoms with E-state index < -0.39 is 0 Å². The second-order valence-corrected chi connectivity index (χ2v) is 16.4. The zero-order valence-corrected chi connectivity index (χ0v) is 32.8. The van der Waals surface area contributed by atoms with Gasteiger partial charge in [0.1, 0.15) is 0 Å². The molecule has 0 fully saturated rings. The second kappa shape index (κ2) is 12.9. The number of rotatable bonds is 5. The van der Waals surface area contributed by atoms with Crippen molar-refractivity contribution in [3.63, 3.8) is 0 Å². The van der Waals surface area contributed by atoms with E-state index in [0.717, 1.165) is 0 Å². The van der Waals surface area contributed by atoms with Gasteiger partial charge in [-0.05, 0) is 155 Å². The fourth-order valence-electron chi connectivity index (χ4n) is 10.4. The van der Waals surface area contributed by atoms with Crippen LogP contribution in [-0.2, 0) is 0 Å². The highest BCUT2D eigenvalue weighted by Gasteiger charge is 2.21. The lowest BCUT2D eigenvalue weighted by molar-refractivity contribution is 1.58. The molecular formula is C60H36. The molecule has 13 aromatic carbocycles. The smallest absolute Gasteiger partial charge is 0.00206 e. The van der Waals surface area contributed by atoms with Gasteiger partial charge in [0.2, 0.25) is 0 Å². The molecule has 13 rings (SSSR count). The van der Waals surface area contributed by atoms with E-state index in [1.54, 1.807) is 0 Å². The molecule has 0 nitrogen and oxygen atoms in total. The minimum Gasteiger partial charge on any atom is -0.0622 e. The second-order valence-electron chi connectivity index (χ2n) is 16.4. The average Bonchev–Trinajstić information content (AvgIpc) is 3.32. The Labute approximate surface area is 347 Å². The molecule has 0 saturated heterocycles. The summed E-state index contributed by atoms with van der Waals surface area (Å²) in [5, 5.41) is 18.1. The molecule has 0 aliphatic rings. The third-order valence-electron chi connectivity index (χ3n) is 13.1. The van der Waals surface area contributed by atoms with Crippen LogP contribution in [0.5, 0.6) is 0 Å². The summed E-state index contributed by atoms with van der Waals surface area (Å²) in [5.74, 6) is 0. The van der Waals surface area contributed by atoms with Gasteiger partial charge in [-0.15, -0.1) is 0 Å². The molecule has 0 amide bonds. The van der Waals surface area contributed by atoms with Crippen LogP contribution in [0.4, 0.5) is 0 Å². The standard InChI is InChI=1S/C60H36/c1-3-11-37(12-4-1)45-33-46(48-29-25-43-23-21-39-15-9-17-41-27-31-52(48)59(43)56(39)41)35-47(34-45)58-51-20-8-7-19-49(51)55(36-54(58)38-13-5-2-6-14-38)50-30-26-44-24-22-40-16-10-18-42-28-32-53(50)60(44)57(40)42/h1-36H. The van der Waals surface area contributed by atoms with Gasteiger partial charge < -0.3 is 0 Å². The monoisotopic (exact) mass is 756 g/mol. The van der Waals surface area contributed by atoms with Gasteiger partial charge in [0.15, 0.2) is 0 Å². The van der Waals surface area contributed by atoms with Crippen molar-refractivity contribution in [2.24, 2.45) is 0 Å². The quantitative estimate of drug-likeness (QED) is 0.153. The fourth-order valence-corrected chi connectivity index (χ4v) is 10.4. The van der Waals surface area contributed by atoms with Crippen LogP contribution >= 0.6 is 0 Å². The Bertz CT molecular complexity index is 3770. The summed E-state index contributed by atoms with van der Waals surface area (Å²) in [6.45, 7) is 0. The van der Waals surface area contributed by atoms with Gasteiger partial charge in [-0.2, -0.15) is 0 Å². The molecule has 0 N–H and O–H groups in total. The maximum absolute atomic E-state index is 2.48. The van der Waals surface area contributed by atoms with Crippen molar-refractivity contribution in [3.05, 3.63) is 218 Å². The first kappa shape index (κ1) is 33.2. The SMILES string of the molecule is c1ccc(-c2cc(-c3c(-c4ccccc4)cc(-c4ccc5ccc6cccc7ccc4c5c67)c4ccccc34)cc(-c3ccc4ccc5cccc6ccc3c4c56)c2)cc1. The first-order chi connectivity index (χ1) is 29.7. The lowest BCUT2D eigenvalue weighted by Crippen LogP contribution is -1.94. The molecule has 0 heterocycles. The van der Waals surface area contributed by atoms with E-state index in [4.69, 9.17) is 0 Å². The zero-order valence-electron chi connectivity index (χ0n) is 32.8. The van der Waals surface area contributed by atoms with Crippen molar-refractivity contribution >= 4 is 75.4 Å². The molecule has 0 spiro atoms. The summed E-state index contributed by atoms with van der Waals surface area (Å²) in [5.41, 5.74) is 12.2. The van der Waals surface area contributed by atoms with Gasteiger partial charge in [-0.1, -0.05) is 194 Å². The van der Waals surface area contributed by atoms with Gasteiger partial charge in [-0.25, -0.2) is 0 Å². The van der Waals surface area contributed by atoms with E-state index in [0.29, 0.717) is 0 Å². The van der Waals surface area contributed by atoms with E-state index in [-0.39, 0.29) is 0 Å². The Morgan fingerprint density at radius 1 is 0.183 bits per heavy atom. The van der Waals surface area contributed by atoms with Crippen LogP contribution in [-0.4, -0.2) is 0 Å². The van der Waals surface area contributed by atoms with Crippen molar-refractivity contribution in [1.82, 2.24) is 0 Å². The average molecular weight is 757 g/mol. The summed E-state index contributed by atoms with van der Waals surface area (Å²) in [4.78, 5) is 0. The molecule has 276 valence electrons. The Kier molecular flexibility index (Phi) is 7.11. The molecule has 13 aromatic rings. The highest BCUT2D eigenvalue weighted by Crippen LogP contribution is 2.48. The fraction of sp³-hybridized carbons (Fsp3) is 0. The van der Waals surface area contributed by atoms with Crippen LogP contribution in [0.3, 0.4) is 0 Å². The minimum absolute atomic E-state index is 1.20. The van der Waals surface area contributed by atoms with Gasteiger partial charge in [0.25, 0.3) is 0 Å². The molecule has 0 heteroatoms. The summed E-state index contributed by atoms with van der Waals surface area (Å²) < 4.78 is 0. The Hall–Kier alpha value is -7.80. The van der Waals surface area contributed by atoms with E-state index >= 15 is 0 Å². The van der Waals surface area contributed by atoms with Crippen LogP contribution in [0.15, 0.2) is 218 Å². The number of fused-ring (bicyclic) bond motifs is 1. The molecule has 0 aromatic heterocycles. The largest absolute Gasteiger partial charge is 0.0622 e. The normalized spacial score (nSPS) is 12.0.